The van der Waals surface area contributed by atoms with Gasteiger partial charge in [0.2, 0.25) is 5.91 Å². The van der Waals surface area contributed by atoms with E-state index in [2.05, 4.69) is 26.3 Å². The molecule has 0 spiro atoms. The number of amides is 1. The highest BCUT2D eigenvalue weighted by Gasteiger charge is 2.30. The van der Waals surface area contributed by atoms with Gasteiger partial charge in [-0.2, -0.15) is 0 Å². The van der Waals surface area contributed by atoms with E-state index in [1.54, 1.807) is 18.7 Å². The van der Waals surface area contributed by atoms with E-state index in [-0.39, 0.29) is 5.91 Å². The second-order valence-electron chi connectivity index (χ2n) is 6.09. The van der Waals surface area contributed by atoms with Crippen LogP contribution in [0.15, 0.2) is 49.1 Å². The van der Waals surface area contributed by atoms with Crippen LogP contribution in [0.5, 0.6) is 0 Å². The molecule has 0 saturated carbocycles. The number of aromatic nitrogens is 3. The van der Waals surface area contributed by atoms with E-state index in [4.69, 9.17) is 0 Å². The number of para-hydroxylation sites is 1. The fourth-order valence-electron chi connectivity index (χ4n) is 2.62. The maximum Gasteiger partial charge on any atom is 0.231 e. The van der Waals surface area contributed by atoms with E-state index in [9.17, 15) is 4.79 Å². The van der Waals surface area contributed by atoms with Gasteiger partial charge in [-0.15, -0.1) is 0 Å². The summed E-state index contributed by atoms with van der Waals surface area (Å²) < 4.78 is 0. The summed E-state index contributed by atoms with van der Waals surface area (Å²) in [5, 5.41) is 4.13. The fourth-order valence-corrected chi connectivity index (χ4v) is 2.62. The van der Waals surface area contributed by atoms with Gasteiger partial charge in [0.1, 0.15) is 0 Å². The molecule has 2 heterocycles. The Labute approximate surface area is 135 Å². The molecule has 1 aromatic carbocycles. The molecule has 0 aliphatic carbocycles. The Morgan fingerprint density at radius 3 is 2.87 bits per heavy atom. The Morgan fingerprint density at radius 1 is 1.26 bits per heavy atom. The molecule has 2 N–H and O–H groups in total. The minimum absolute atomic E-state index is 0.0186. The lowest BCUT2D eigenvalue weighted by atomic mass is 9.88. The maximum atomic E-state index is 12.4. The van der Waals surface area contributed by atoms with Crippen molar-refractivity contribution in [3.8, 4) is 0 Å². The minimum Gasteiger partial charge on any atom is -0.355 e. The van der Waals surface area contributed by atoms with Gasteiger partial charge in [-0.1, -0.05) is 24.3 Å². The molecule has 118 valence electrons. The molecule has 0 saturated heterocycles. The fraction of sp³-hybridized carbons (Fsp3) is 0.278. The number of hydrogen-bond acceptors (Lipinski definition) is 3. The van der Waals surface area contributed by atoms with Crippen molar-refractivity contribution in [1.82, 2.24) is 20.3 Å². The average molecular weight is 308 g/mol. The van der Waals surface area contributed by atoms with Gasteiger partial charge in [0.15, 0.2) is 0 Å². The number of nitrogens with zero attached hydrogens (tertiary/aromatic N) is 2. The normalized spacial score (nSPS) is 11.6. The van der Waals surface area contributed by atoms with Crippen LogP contribution in [0.3, 0.4) is 0 Å². The highest BCUT2D eigenvalue weighted by molar-refractivity contribution is 5.87. The summed E-state index contributed by atoms with van der Waals surface area (Å²) in [6.45, 7) is 4.34. The van der Waals surface area contributed by atoms with Gasteiger partial charge < -0.3 is 10.3 Å². The summed E-state index contributed by atoms with van der Waals surface area (Å²) in [7, 11) is 0. The minimum atomic E-state index is -0.631. The number of rotatable bonds is 5. The molecule has 0 fully saturated rings. The number of benzene rings is 1. The highest BCUT2D eigenvalue weighted by Crippen LogP contribution is 2.21. The lowest BCUT2D eigenvalue weighted by Crippen LogP contribution is -2.41. The molecule has 0 radical (unpaired) electrons. The van der Waals surface area contributed by atoms with E-state index in [0.29, 0.717) is 6.54 Å². The molecule has 3 rings (SSSR count). The Bertz CT molecular complexity index is 804. The van der Waals surface area contributed by atoms with Crippen LogP contribution in [0.2, 0.25) is 0 Å². The van der Waals surface area contributed by atoms with Crippen molar-refractivity contribution in [3.05, 3.63) is 60.3 Å². The number of fused-ring (bicyclic) bond motifs is 1. The highest BCUT2D eigenvalue weighted by atomic mass is 16.2. The van der Waals surface area contributed by atoms with Crippen molar-refractivity contribution in [2.45, 2.75) is 25.7 Å². The molecule has 1 amide bonds. The van der Waals surface area contributed by atoms with Crippen LogP contribution in [0.4, 0.5) is 0 Å². The lowest BCUT2D eigenvalue weighted by molar-refractivity contribution is -0.125. The number of carbonyl (C=O) groups excluding carboxylic acids is 1. The lowest BCUT2D eigenvalue weighted by Gasteiger charge is -2.22. The number of pyridine rings is 1. The van der Waals surface area contributed by atoms with Gasteiger partial charge in [0.05, 0.1) is 17.3 Å². The Balaban J connectivity index is 1.66. The van der Waals surface area contributed by atoms with Crippen molar-refractivity contribution >= 4 is 16.8 Å². The van der Waals surface area contributed by atoms with Crippen LogP contribution in [0.25, 0.3) is 10.9 Å². The number of H-pyrrole nitrogens is 1. The first-order valence-electron chi connectivity index (χ1n) is 7.69. The molecular weight excluding hydrogens is 288 g/mol. The molecule has 0 unspecified atom stereocenters. The zero-order chi connectivity index (χ0) is 16.3. The van der Waals surface area contributed by atoms with Crippen molar-refractivity contribution in [2.75, 3.05) is 6.54 Å². The second-order valence-corrected chi connectivity index (χ2v) is 6.09. The molecule has 0 atom stereocenters. The summed E-state index contributed by atoms with van der Waals surface area (Å²) in [6, 6.07) is 10.1. The van der Waals surface area contributed by atoms with Gasteiger partial charge in [0.25, 0.3) is 0 Å². The zero-order valence-electron chi connectivity index (χ0n) is 13.3. The molecule has 5 nitrogen and oxygen atoms in total. The summed E-state index contributed by atoms with van der Waals surface area (Å²) in [6.07, 6.45) is 5.82. The van der Waals surface area contributed by atoms with Crippen LogP contribution in [-0.2, 0) is 16.6 Å². The Morgan fingerprint density at radius 2 is 2.09 bits per heavy atom. The van der Waals surface area contributed by atoms with Crippen molar-refractivity contribution in [1.29, 1.82) is 0 Å². The third-order valence-electron chi connectivity index (χ3n) is 4.14. The van der Waals surface area contributed by atoms with Crippen LogP contribution in [0.1, 0.15) is 25.1 Å². The number of aromatic amines is 1. The van der Waals surface area contributed by atoms with Gasteiger partial charge >= 0.3 is 0 Å². The maximum absolute atomic E-state index is 12.4. The standard InChI is InChI=1S/C18H20N4O/c1-18(2,15-11-19-12-22-15)17(23)21-10-8-14-6-3-5-13-7-4-9-20-16(13)14/h3-7,9,11-12H,8,10H2,1-2H3,(H,19,22)(H,21,23). The van der Waals surface area contributed by atoms with Crippen LogP contribution < -0.4 is 5.32 Å². The van der Waals surface area contributed by atoms with Crippen molar-refractivity contribution in [2.24, 2.45) is 0 Å². The first-order chi connectivity index (χ1) is 11.1. The van der Waals surface area contributed by atoms with E-state index < -0.39 is 5.41 Å². The average Bonchev–Trinajstić information content (AvgIpc) is 3.10. The SMILES string of the molecule is CC(C)(C(=O)NCCc1cccc2cccnc12)c1cnc[nH]1. The van der Waals surface area contributed by atoms with E-state index >= 15 is 0 Å². The summed E-state index contributed by atoms with van der Waals surface area (Å²) in [4.78, 5) is 23.9. The quantitative estimate of drug-likeness (QED) is 0.761. The van der Waals surface area contributed by atoms with Crippen molar-refractivity contribution in [3.63, 3.8) is 0 Å². The molecule has 2 aromatic heterocycles. The molecule has 0 aliphatic heterocycles. The summed E-state index contributed by atoms with van der Waals surface area (Å²) in [5.41, 5.74) is 2.31. The van der Waals surface area contributed by atoms with Gasteiger partial charge in [-0.05, 0) is 31.9 Å². The molecular formula is C18H20N4O. The number of carbonyl (C=O) groups is 1. The monoisotopic (exact) mass is 308 g/mol. The Kier molecular flexibility index (Phi) is 4.10. The van der Waals surface area contributed by atoms with Gasteiger partial charge in [0, 0.05) is 30.0 Å². The number of hydrogen-bond donors (Lipinski definition) is 2. The second kappa shape index (κ2) is 6.20. The largest absolute Gasteiger partial charge is 0.355 e. The summed E-state index contributed by atoms with van der Waals surface area (Å²) in [5.74, 6) is -0.0186. The first kappa shape index (κ1) is 15.2. The number of imidazole rings is 1. The van der Waals surface area contributed by atoms with Crippen LogP contribution in [-0.4, -0.2) is 27.4 Å². The molecule has 0 bridgehead atoms. The smallest absolute Gasteiger partial charge is 0.231 e. The zero-order valence-corrected chi connectivity index (χ0v) is 13.3. The third-order valence-corrected chi connectivity index (χ3v) is 4.14. The summed E-state index contributed by atoms with van der Waals surface area (Å²) >= 11 is 0. The van der Waals surface area contributed by atoms with E-state index in [0.717, 1.165) is 28.6 Å². The van der Waals surface area contributed by atoms with Gasteiger partial charge in [-0.3, -0.25) is 9.78 Å². The molecule has 0 aliphatic rings. The van der Waals surface area contributed by atoms with Crippen LogP contribution >= 0.6 is 0 Å². The predicted molar refractivity (Wildman–Crippen MR) is 90.1 cm³/mol. The number of nitrogens with one attached hydrogen (secondary N) is 2. The molecule has 5 heteroatoms. The molecule has 23 heavy (non-hydrogen) atoms. The van der Waals surface area contributed by atoms with E-state index in [1.165, 1.54) is 0 Å². The third kappa shape index (κ3) is 3.08. The topological polar surface area (TPSA) is 70.7 Å². The van der Waals surface area contributed by atoms with Gasteiger partial charge in [-0.25, -0.2) is 4.98 Å². The predicted octanol–water partition coefficient (Wildman–Crippen LogP) is 2.59. The van der Waals surface area contributed by atoms with Crippen molar-refractivity contribution < 1.29 is 4.79 Å². The first-order valence-corrected chi connectivity index (χ1v) is 7.69. The van der Waals surface area contributed by atoms with Crippen LogP contribution in [0, 0.1) is 0 Å². The van der Waals surface area contributed by atoms with E-state index in [1.807, 2.05) is 38.1 Å². The molecule has 3 aromatic rings. The Hall–Kier alpha value is -2.69.